The average Bonchev–Trinajstić information content (AvgIpc) is 2.67. The molecule has 26 heavy (non-hydrogen) atoms. The molecule has 0 radical (unpaired) electrons. The van der Waals surface area contributed by atoms with Gasteiger partial charge in [-0.25, -0.2) is 4.79 Å². The number of nitrogens with one attached hydrogen (secondary N) is 2. The van der Waals surface area contributed by atoms with Gasteiger partial charge in [0.25, 0.3) is 11.8 Å². The topological polar surface area (TPSA) is 84.5 Å². The number of para-hydroxylation sites is 1. The van der Waals surface area contributed by atoms with E-state index in [-0.39, 0.29) is 30.0 Å². The first-order valence-corrected chi connectivity index (χ1v) is 8.43. The first-order chi connectivity index (χ1) is 12.5. The molecule has 6 heteroatoms. The molecule has 0 unspecified atom stereocenters. The van der Waals surface area contributed by atoms with Crippen molar-refractivity contribution in [2.45, 2.75) is 26.3 Å². The van der Waals surface area contributed by atoms with E-state index < -0.39 is 5.97 Å². The molecule has 2 rings (SSSR count). The fraction of sp³-hybridized carbons (Fsp3) is 0.250. The van der Waals surface area contributed by atoms with Gasteiger partial charge in [0.2, 0.25) is 0 Å². The number of hydrogen-bond acceptors (Lipinski definition) is 4. The smallest absolute Gasteiger partial charge is 0.340 e. The molecule has 0 bridgehead atoms. The second-order valence-electron chi connectivity index (χ2n) is 5.82. The molecular weight excluding hydrogens is 332 g/mol. The number of ether oxygens (including phenoxy) is 1. The lowest BCUT2D eigenvalue weighted by molar-refractivity contribution is -0.124. The molecule has 0 saturated heterocycles. The van der Waals surface area contributed by atoms with Gasteiger partial charge in [-0.2, -0.15) is 0 Å². The van der Waals surface area contributed by atoms with Crippen LogP contribution < -0.4 is 10.6 Å². The van der Waals surface area contributed by atoms with Crippen LogP contribution in [0.2, 0.25) is 0 Å². The third kappa shape index (κ3) is 5.44. The quantitative estimate of drug-likeness (QED) is 0.749. The predicted octanol–water partition coefficient (Wildman–Crippen LogP) is 3.01. The molecule has 0 fully saturated rings. The number of hydrogen-bond donors (Lipinski definition) is 2. The molecule has 0 heterocycles. The fourth-order valence-electron chi connectivity index (χ4n) is 2.18. The maximum Gasteiger partial charge on any atom is 0.340 e. The highest BCUT2D eigenvalue weighted by Gasteiger charge is 2.16. The lowest BCUT2D eigenvalue weighted by atomic mass is 10.1. The van der Waals surface area contributed by atoms with E-state index in [9.17, 15) is 14.4 Å². The van der Waals surface area contributed by atoms with Gasteiger partial charge in [0, 0.05) is 11.6 Å². The van der Waals surface area contributed by atoms with E-state index in [1.165, 1.54) is 6.07 Å². The Kier molecular flexibility index (Phi) is 6.91. The van der Waals surface area contributed by atoms with Gasteiger partial charge in [0.15, 0.2) is 6.61 Å². The Morgan fingerprint density at radius 2 is 1.65 bits per heavy atom. The zero-order valence-electron chi connectivity index (χ0n) is 14.8. The van der Waals surface area contributed by atoms with Gasteiger partial charge >= 0.3 is 5.97 Å². The molecule has 0 aromatic heterocycles. The first-order valence-electron chi connectivity index (χ1n) is 8.43. The molecule has 1 atom stereocenters. The summed E-state index contributed by atoms with van der Waals surface area (Å²) in [4.78, 5) is 36.3. The summed E-state index contributed by atoms with van der Waals surface area (Å²) >= 11 is 0. The van der Waals surface area contributed by atoms with Crippen molar-refractivity contribution in [2.24, 2.45) is 0 Å². The van der Waals surface area contributed by atoms with Gasteiger partial charge in [-0.15, -0.1) is 0 Å². The van der Waals surface area contributed by atoms with Crippen LogP contribution in [0, 0.1) is 0 Å². The molecule has 136 valence electrons. The standard InChI is InChI=1S/C20H22N2O4/c1-3-14(2)21-18(23)13-26-20(25)16-11-7-8-12-17(16)22-19(24)15-9-5-4-6-10-15/h4-12,14H,3,13H2,1-2H3,(H,21,23)(H,22,24)/t14-/m0/s1. The number of benzene rings is 2. The van der Waals surface area contributed by atoms with Gasteiger partial charge in [-0.05, 0) is 37.6 Å². The fourth-order valence-corrected chi connectivity index (χ4v) is 2.18. The molecule has 0 aliphatic carbocycles. The average molecular weight is 354 g/mol. The van der Waals surface area contributed by atoms with Gasteiger partial charge in [0.05, 0.1) is 11.3 Å². The Bertz CT molecular complexity index is 774. The Morgan fingerprint density at radius 3 is 2.35 bits per heavy atom. The van der Waals surface area contributed by atoms with E-state index >= 15 is 0 Å². The van der Waals surface area contributed by atoms with Crippen LogP contribution in [0.3, 0.4) is 0 Å². The molecule has 2 N–H and O–H groups in total. The summed E-state index contributed by atoms with van der Waals surface area (Å²) in [5.74, 6) is -1.37. The van der Waals surface area contributed by atoms with Crippen LogP contribution >= 0.6 is 0 Å². The highest BCUT2D eigenvalue weighted by atomic mass is 16.5. The van der Waals surface area contributed by atoms with E-state index in [0.717, 1.165) is 6.42 Å². The Morgan fingerprint density at radius 1 is 1.00 bits per heavy atom. The number of esters is 1. The maximum absolute atomic E-state index is 12.3. The van der Waals surface area contributed by atoms with Crippen molar-refractivity contribution in [3.63, 3.8) is 0 Å². The zero-order chi connectivity index (χ0) is 18.9. The summed E-state index contributed by atoms with van der Waals surface area (Å²) in [6, 6.07) is 15.2. The second kappa shape index (κ2) is 9.36. The van der Waals surface area contributed by atoms with Crippen molar-refractivity contribution < 1.29 is 19.1 Å². The van der Waals surface area contributed by atoms with Gasteiger partial charge < -0.3 is 15.4 Å². The lowest BCUT2D eigenvalue weighted by Crippen LogP contribution is -2.35. The van der Waals surface area contributed by atoms with Gasteiger partial charge in [0.1, 0.15) is 0 Å². The molecule has 0 aliphatic rings. The summed E-state index contributed by atoms with van der Waals surface area (Å²) in [7, 11) is 0. The molecule has 2 amide bonds. The van der Waals surface area contributed by atoms with Gasteiger partial charge in [-0.1, -0.05) is 37.3 Å². The third-order valence-electron chi connectivity index (χ3n) is 3.79. The molecule has 0 saturated carbocycles. The highest BCUT2D eigenvalue weighted by molar-refractivity contribution is 6.08. The third-order valence-corrected chi connectivity index (χ3v) is 3.79. The largest absolute Gasteiger partial charge is 0.452 e. The van der Waals surface area contributed by atoms with Crippen LogP contribution in [0.1, 0.15) is 41.0 Å². The van der Waals surface area contributed by atoms with Crippen LogP contribution in [0.4, 0.5) is 5.69 Å². The molecule has 2 aromatic rings. The minimum Gasteiger partial charge on any atom is -0.452 e. The molecule has 0 spiro atoms. The highest BCUT2D eigenvalue weighted by Crippen LogP contribution is 2.17. The van der Waals surface area contributed by atoms with E-state index in [1.54, 1.807) is 42.5 Å². The predicted molar refractivity (Wildman–Crippen MR) is 99.0 cm³/mol. The zero-order valence-corrected chi connectivity index (χ0v) is 14.8. The van der Waals surface area contributed by atoms with Crippen molar-refractivity contribution in [1.82, 2.24) is 5.32 Å². The van der Waals surface area contributed by atoms with Gasteiger partial charge in [-0.3, -0.25) is 9.59 Å². The van der Waals surface area contributed by atoms with Crippen molar-refractivity contribution in [2.75, 3.05) is 11.9 Å². The SMILES string of the molecule is CC[C@H](C)NC(=O)COC(=O)c1ccccc1NC(=O)c1ccccc1. The van der Waals surface area contributed by atoms with Crippen LogP contribution in [-0.4, -0.2) is 30.4 Å². The maximum atomic E-state index is 12.3. The number of amides is 2. The molecule has 6 nitrogen and oxygen atoms in total. The summed E-state index contributed by atoms with van der Waals surface area (Å²) in [6.45, 7) is 3.45. The number of carbonyl (C=O) groups excluding carboxylic acids is 3. The van der Waals surface area contributed by atoms with E-state index in [1.807, 2.05) is 19.9 Å². The minimum absolute atomic E-state index is 0.0126. The van der Waals surface area contributed by atoms with E-state index in [4.69, 9.17) is 4.74 Å². The number of rotatable bonds is 7. The summed E-state index contributed by atoms with van der Waals surface area (Å²) in [5, 5.41) is 5.42. The molecule has 2 aromatic carbocycles. The van der Waals surface area contributed by atoms with Crippen LogP contribution in [0.15, 0.2) is 54.6 Å². The van der Waals surface area contributed by atoms with Crippen molar-refractivity contribution >= 4 is 23.5 Å². The normalized spacial score (nSPS) is 11.3. The molecule has 0 aliphatic heterocycles. The van der Waals surface area contributed by atoms with E-state index in [0.29, 0.717) is 11.3 Å². The van der Waals surface area contributed by atoms with Crippen LogP contribution in [-0.2, 0) is 9.53 Å². The van der Waals surface area contributed by atoms with Crippen molar-refractivity contribution in [3.05, 3.63) is 65.7 Å². The Balaban J connectivity index is 2.02. The van der Waals surface area contributed by atoms with E-state index in [2.05, 4.69) is 10.6 Å². The van der Waals surface area contributed by atoms with Crippen molar-refractivity contribution in [1.29, 1.82) is 0 Å². The monoisotopic (exact) mass is 354 g/mol. The first kappa shape index (κ1) is 19.2. The Hall–Kier alpha value is -3.15. The number of carbonyl (C=O) groups is 3. The van der Waals surface area contributed by atoms with Crippen LogP contribution in [0.25, 0.3) is 0 Å². The molecular formula is C20H22N2O4. The van der Waals surface area contributed by atoms with Crippen molar-refractivity contribution in [3.8, 4) is 0 Å². The summed E-state index contributed by atoms with van der Waals surface area (Å²) in [5.41, 5.74) is 0.991. The summed E-state index contributed by atoms with van der Waals surface area (Å²) in [6.07, 6.45) is 0.786. The lowest BCUT2D eigenvalue weighted by Gasteiger charge is -2.13. The van der Waals surface area contributed by atoms with Crippen LogP contribution in [0.5, 0.6) is 0 Å². The summed E-state index contributed by atoms with van der Waals surface area (Å²) < 4.78 is 5.06. The Labute approximate surface area is 152 Å². The minimum atomic E-state index is -0.673. The second-order valence-corrected chi connectivity index (χ2v) is 5.82. The number of anilines is 1.